The van der Waals surface area contributed by atoms with Gasteiger partial charge in [0.15, 0.2) is 0 Å². The second kappa shape index (κ2) is 4.94. The van der Waals surface area contributed by atoms with Gasteiger partial charge in [-0.2, -0.15) is 4.36 Å². The minimum absolute atomic E-state index is 0.149. The summed E-state index contributed by atoms with van der Waals surface area (Å²) in [5.74, 6) is 3.67. The largest absolute Gasteiger partial charge is 0.317 e. The molecule has 84 valence electrons. The first-order chi connectivity index (χ1) is 6.33. The highest BCUT2D eigenvalue weighted by Gasteiger charge is 2.40. The van der Waals surface area contributed by atoms with E-state index < -0.39 is 15.0 Å². The van der Waals surface area contributed by atoms with Gasteiger partial charge >= 0.3 is 0 Å². The van der Waals surface area contributed by atoms with Gasteiger partial charge in [-0.05, 0) is 31.8 Å². The molecule has 14 heavy (non-hydrogen) atoms. The third-order valence-electron chi connectivity index (χ3n) is 2.00. The van der Waals surface area contributed by atoms with Crippen molar-refractivity contribution in [3.63, 3.8) is 0 Å². The van der Waals surface area contributed by atoms with Crippen LogP contribution >= 0.6 is 0 Å². The molecular formula is C10H22N2OS. The average Bonchev–Trinajstić information content (AvgIpc) is 2.01. The predicted molar refractivity (Wildman–Crippen MR) is 65.9 cm³/mol. The number of hydrogen-bond donors (Lipinski definition) is 1. The molecular weight excluding hydrogens is 196 g/mol. The third-order valence-corrected chi connectivity index (χ3v) is 2.66. The molecule has 0 saturated heterocycles. The zero-order valence-corrected chi connectivity index (χ0v) is 10.5. The lowest BCUT2D eigenvalue weighted by Crippen LogP contribution is -2.53. The van der Waals surface area contributed by atoms with Gasteiger partial charge in [0.05, 0.1) is 5.54 Å². The average molecular weight is 218 g/mol. The van der Waals surface area contributed by atoms with Gasteiger partial charge in [-0.15, -0.1) is 9.41 Å². The molecule has 2 N–H and O–H groups in total. The van der Waals surface area contributed by atoms with Crippen molar-refractivity contribution in [1.82, 2.24) is 0 Å². The molecule has 0 radical (unpaired) electrons. The summed E-state index contributed by atoms with van der Waals surface area (Å²) in [5.41, 5.74) is 5.16. The molecule has 0 aliphatic heterocycles. The summed E-state index contributed by atoms with van der Waals surface area (Å²) < 4.78 is 4.01. The van der Waals surface area contributed by atoms with E-state index in [1.54, 1.807) is 0 Å². The molecule has 0 spiro atoms. The van der Waals surface area contributed by atoms with Gasteiger partial charge in [-0.25, -0.2) is 0 Å². The van der Waals surface area contributed by atoms with Crippen molar-refractivity contribution in [3.8, 4) is 0 Å². The summed E-state index contributed by atoms with van der Waals surface area (Å²) in [6.07, 6.45) is 6.38. The topological polar surface area (TPSA) is 55.5 Å². The first kappa shape index (κ1) is 13.7. The molecule has 4 heteroatoms. The van der Waals surface area contributed by atoms with E-state index in [2.05, 4.69) is 10.2 Å². The molecule has 0 heterocycles. The fourth-order valence-electron chi connectivity index (χ4n) is 1.09. The fourth-order valence-corrected chi connectivity index (χ4v) is 1.72. The van der Waals surface area contributed by atoms with Crippen LogP contribution in [0.2, 0.25) is 0 Å². The number of nitrogens with two attached hydrogens (primary N) is 1. The van der Waals surface area contributed by atoms with Crippen LogP contribution in [0.3, 0.4) is 0 Å². The highest BCUT2D eigenvalue weighted by molar-refractivity contribution is 8.01. The lowest BCUT2D eigenvalue weighted by Gasteiger charge is -2.34. The lowest BCUT2D eigenvalue weighted by molar-refractivity contribution is -0.125. The Hall–Kier alpha value is -0.350. The van der Waals surface area contributed by atoms with Gasteiger partial charge in [0, 0.05) is 0 Å². The van der Waals surface area contributed by atoms with Gasteiger partial charge in [-0.1, -0.05) is 19.7 Å². The SMILES string of the molecule is C=S(C)(C)=NC(=O)C1(N)CCC1.CC. The van der Waals surface area contributed by atoms with E-state index in [1.165, 1.54) is 0 Å². The number of carbonyl (C=O) groups excluding carboxylic acids is 1. The second-order valence-electron chi connectivity index (χ2n) is 3.89. The first-order valence-corrected chi connectivity index (χ1v) is 7.54. The summed E-state index contributed by atoms with van der Waals surface area (Å²) in [6.45, 7) is 4.00. The minimum atomic E-state index is -1.34. The molecule has 0 aromatic rings. The Morgan fingerprint density at radius 3 is 2.07 bits per heavy atom. The Morgan fingerprint density at radius 2 is 1.86 bits per heavy atom. The summed E-state index contributed by atoms with van der Waals surface area (Å²) >= 11 is 0. The van der Waals surface area contributed by atoms with Gasteiger partial charge < -0.3 is 5.73 Å². The molecule has 0 atom stereocenters. The van der Waals surface area contributed by atoms with E-state index in [0.717, 1.165) is 19.3 Å². The minimum Gasteiger partial charge on any atom is -0.317 e. The Bertz CT molecular complexity index is 302. The summed E-state index contributed by atoms with van der Waals surface area (Å²) in [6, 6.07) is 0. The van der Waals surface area contributed by atoms with Crippen molar-refractivity contribution < 1.29 is 4.79 Å². The molecule has 1 fully saturated rings. The van der Waals surface area contributed by atoms with Crippen molar-refractivity contribution >= 4 is 21.2 Å². The quantitative estimate of drug-likeness (QED) is 0.677. The number of rotatable bonds is 1. The number of nitrogens with zero attached hydrogens (tertiary/aromatic N) is 1. The normalized spacial score (nSPS) is 18.6. The van der Waals surface area contributed by atoms with Crippen LogP contribution in [0.4, 0.5) is 0 Å². The van der Waals surface area contributed by atoms with E-state index in [-0.39, 0.29) is 5.91 Å². The van der Waals surface area contributed by atoms with Crippen LogP contribution in [-0.4, -0.2) is 29.8 Å². The number of amides is 1. The molecule has 0 unspecified atom stereocenters. The molecule has 1 rings (SSSR count). The zero-order valence-electron chi connectivity index (χ0n) is 9.67. The molecule has 1 saturated carbocycles. The Balaban J connectivity index is 0.000000791. The monoisotopic (exact) mass is 218 g/mol. The van der Waals surface area contributed by atoms with Gasteiger partial charge in [0.25, 0.3) is 5.91 Å². The molecule has 1 aliphatic carbocycles. The molecule has 3 nitrogen and oxygen atoms in total. The van der Waals surface area contributed by atoms with Gasteiger partial charge in [0.2, 0.25) is 0 Å². The van der Waals surface area contributed by atoms with E-state index in [0.29, 0.717) is 0 Å². The summed E-state index contributed by atoms with van der Waals surface area (Å²) in [5, 5.41) is 0. The smallest absolute Gasteiger partial charge is 0.271 e. The molecule has 0 aromatic carbocycles. The van der Waals surface area contributed by atoms with Gasteiger partial charge in [-0.3, -0.25) is 4.79 Å². The van der Waals surface area contributed by atoms with Crippen molar-refractivity contribution in [1.29, 1.82) is 0 Å². The first-order valence-electron chi connectivity index (χ1n) is 4.96. The predicted octanol–water partition coefficient (Wildman–Crippen LogP) is 1.45. The Morgan fingerprint density at radius 1 is 1.43 bits per heavy atom. The number of carbonyl (C=O) groups is 1. The van der Waals surface area contributed by atoms with Crippen molar-refractivity contribution in [3.05, 3.63) is 0 Å². The fraction of sp³-hybridized carbons (Fsp3) is 0.800. The van der Waals surface area contributed by atoms with Crippen LogP contribution in [0.5, 0.6) is 0 Å². The third kappa shape index (κ3) is 3.80. The standard InChI is InChI=1S/C8H16N2OS.C2H6/c1-12(2,3)10-7(11)8(9)5-4-6-8;1-2/h1,4-6,9H2,2-3H3;1-2H3. The van der Waals surface area contributed by atoms with E-state index in [4.69, 9.17) is 5.73 Å². The number of hydrogen-bond acceptors (Lipinski definition) is 2. The summed E-state index contributed by atoms with van der Waals surface area (Å²) in [7, 11) is -1.34. The molecule has 0 bridgehead atoms. The lowest BCUT2D eigenvalue weighted by atomic mass is 9.77. The van der Waals surface area contributed by atoms with Crippen LogP contribution in [0, 0.1) is 0 Å². The van der Waals surface area contributed by atoms with Crippen LogP contribution in [0.15, 0.2) is 4.36 Å². The van der Waals surface area contributed by atoms with Crippen molar-refractivity contribution in [2.45, 2.75) is 38.6 Å². The maximum atomic E-state index is 11.5. The van der Waals surface area contributed by atoms with Gasteiger partial charge in [0.1, 0.15) is 0 Å². The van der Waals surface area contributed by atoms with Crippen LogP contribution in [-0.2, 0) is 14.2 Å². The van der Waals surface area contributed by atoms with E-state index >= 15 is 0 Å². The Kier molecular flexibility index (Phi) is 4.81. The Labute approximate surface area is 87.7 Å². The van der Waals surface area contributed by atoms with E-state index in [9.17, 15) is 4.79 Å². The maximum Gasteiger partial charge on any atom is 0.271 e. The second-order valence-corrected chi connectivity index (χ2v) is 7.03. The maximum absolute atomic E-state index is 11.5. The summed E-state index contributed by atoms with van der Waals surface area (Å²) in [4.78, 5) is 11.5. The van der Waals surface area contributed by atoms with Crippen LogP contribution < -0.4 is 5.73 Å². The zero-order chi connectivity index (χ0) is 11.4. The van der Waals surface area contributed by atoms with Crippen LogP contribution in [0.25, 0.3) is 0 Å². The van der Waals surface area contributed by atoms with E-state index in [1.807, 2.05) is 26.4 Å². The molecule has 0 aromatic heterocycles. The van der Waals surface area contributed by atoms with Crippen LogP contribution in [0.1, 0.15) is 33.1 Å². The molecule has 1 amide bonds. The highest BCUT2D eigenvalue weighted by Crippen LogP contribution is 2.30. The highest BCUT2D eigenvalue weighted by atomic mass is 32.2. The molecule has 1 aliphatic rings. The van der Waals surface area contributed by atoms with Crippen molar-refractivity contribution in [2.75, 3.05) is 12.5 Å². The van der Waals surface area contributed by atoms with Crippen molar-refractivity contribution in [2.24, 2.45) is 10.1 Å².